The van der Waals surface area contributed by atoms with Gasteiger partial charge in [0.1, 0.15) is 5.75 Å². The summed E-state index contributed by atoms with van der Waals surface area (Å²) in [6, 6.07) is 15.1. The monoisotopic (exact) mass is 271 g/mol. The van der Waals surface area contributed by atoms with Crippen molar-refractivity contribution < 1.29 is 14.3 Å². The maximum atomic E-state index is 11.5. The molecule has 0 amide bonds. The highest BCUT2D eigenvalue weighted by molar-refractivity contribution is 5.90. The second kappa shape index (κ2) is 6.61. The predicted octanol–water partition coefficient (Wildman–Crippen LogP) is 3.09. The molecule has 0 aliphatic heterocycles. The number of nitrogens with one attached hydrogen (secondary N) is 1. The molecule has 0 aromatic heterocycles. The number of hydrogen-bond donors (Lipinski definition) is 1. The van der Waals surface area contributed by atoms with Crippen LogP contribution in [0.25, 0.3) is 0 Å². The lowest BCUT2D eigenvalue weighted by atomic mass is 10.2. The molecule has 0 fully saturated rings. The van der Waals surface area contributed by atoms with Crippen molar-refractivity contribution in [2.45, 2.75) is 6.54 Å². The Bertz CT molecular complexity index is 596. The largest absolute Gasteiger partial charge is 0.497 e. The van der Waals surface area contributed by atoms with E-state index in [1.807, 2.05) is 36.4 Å². The Hall–Kier alpha value is -2.49. The zero-order valence-electron chi connectivity index (χ0n) is 11.6. The predicted molar refractivity (Wildman–Crippen MR) is 78.1 cm³/mol. The zero-order chi connectivity index (χ0) is 14.4. The highest BCUT2D eigenvalue weighted by atomic mass is 16.5. The van der Waals surface area contributed by atoms with Crippen LogP contribution in [0.2, 0.25) is 0 Å². The first kappa shape index (κ1) is 13.9. The summed E-state index contributed by atoms with van der Waals surface area (Å²) < 4.78 is 9.88. The molecule has 104 valence electrons. The molecule has 2 aromatic rings. The molecule has 0 saturated carbocycles. The molecule has 2 rings (SSSR count). The summed E-state index contributed by atoms with van der Waals surface area (Å²) in [7, 11) is 3.02. The molecule has 1 N–H and O–H groups in total. The van der Waals surface area contributed by atoms with Gasteiger partial charge < -0.3 is 14.8 Å². The first-order valence-corrected chi connectivity index (χ1v) is 6.28. The van der Waals surface area contributed by atoms with Gasteiger partial charge in [-0.2, -0.15) is 0 Å². The molecule has 0 spiro atoms. The van der Waals surface area contributed by atoms with E-state index in [0.29, 0.717) is 12.1 Å². The van der Waals surface area contributed by atoms with Crippen molar-refractivity contribution in [3.05, 3.63) is 59.7 Å². The van der Waals surface area contributed by atoms with Crippen LogP contribution in [0.4, 0.5) is 5.69 Å². The summed E-state index contributed by atoms with van der Waals surface area (Å²) in [5.74, 6) is 0.489. The maximum absolute atomic E-state index is 11.5. The Morgan fingerprint density at radius 2 is 1.90 bits per heavy atom. The Labute approximate surface area is 118 Å². The van der Waals surface area contributed by atoms with Crippen molar-refractivity contribution in [1.29, 1.82) is 0 Å². The van der Waals surface area contributed by atoms with E-state index in [9.17, 15) is 4.79 Å². The standard InChI is InChI=1S/C16H17NO3/c1-19-15-8-3-5-12(9-15)11-17-14-7-4-6-13(10-14)16(18)20-2/h3-10,17H,11H2,1-2H3. The number of benzene rings is 2. The topological polar surface area (TPSA) is 47.6 Å². The highest BCUT2D eigenvalue weighted by Gasteiger charge is 2.05. The number of ether oxygens (including phenoxy) is 2. The van der Waals surface area contributed by atoms with Gasteiger partial charge in [0.15, 0.2) is 0 Å². The molecule has 2 aromatic carbocycles. The summed E-state index contributed by atoms with van der Waals surface area (Å²) in [6.07, 6.45) is 0. The van der Waals surface area contributed by atoms with Crippen LogP contribution in [0, 0.1) is 0 Å². The van der Waals surface area contributed by atoms with Gasteiger partial charge in [-0.15, -0.1) is 0 Å². The Morgan fingerprint density at radius 1 is 1.10 bits per heavy atom. The average molecular weight is 271 g/mol. The third-order valence-corrected chi connectivity index (χ3v) is 2.91. The van der Waals surface area contributed by atoms with Crippen molar-refractivity contribution in [2.75, 3.05) is 19.5 Å². The fourth-order valence-corrected chi connectivity index (χ4v) is 1.86. The van der Waals surface area contributed by atoms with Gasteiger partial charge in [0.05, 0.1) is 19.8 Å². The van der Waals surface area contributed by atoms with Gasteiger partial charge in [-0.1, -0.05) is 18.2 Å². The molecule has 0 bridgehead atoms. The fourth-order valence-electron chi connectivity index (χ4n) is 1.86. The Kier molecular flexibility index (Phi) is 4.60. The lowest BCUT2D eigenvalue weighted by Gasteiger charge is -2.09. The molecular weight excluding hydrogens is 254 g/mol. The number of anilines is 1. The van der Waals surface area contributed by atoms with Crippen molar-refractivity contribution >= 4 is 11.7 Å². The summed E-state index contributed by atoms with van der Waals surface area (Å²) in [4.78, 5) is 11.5. The smallest absolute Gasteiger partial charge is 0.337 e. The first-order valence-electron chi connectivity index (χ1n) is 6.28. The van der Waals surface area contributed by atoms with E-state index in [-0.39, 0.29) is 5.97 Å². The van der Waals surface area contributed by atoms with E-state index in [4.69, 9.17) is 9.47 Å². The van der Waals surface area contributed by atoms with Crippen molar-refractivity contribution in [1.82, 2.24) is 0 Å². The molecule has 0 saturated heterocycles. The van der Waals surface area contributed by atoms with Crippen LogP contribution in [0.3, 0.4) is 0 Å². The lowest BCUT2D eigenvalue weighted by molar-refractivity contribution is 0.0601. The van der Waals surface area contributed by atoms with Crippen LogP contribution >= 0.6 is 0 Å². The highest BCUT2D eigenvalue weighted by Crippen LogP contribution is 2.16. The molecule has 4 nitrogen and oxygen atoms in total. The third-order valence-electron chi connectivity index (χ3n) is 2.91. The van der Waals surface area contributed by atoms with Crippen LogP contribution in [0.15, 0.2) is 48.5 Å². The summed E-state index contributed by atoms with van der Waals surface area (Å²) >= 11 is 0. The third kappa shape index (κ3) is 3.51. The lowest BCUT2D eigenvalue weighted by Crippen LogP contribution is -2.04. The SMILES string of the molecule is COC(=O)c1cccc(NCc2cccc(OC)c2)c1. The number of esters is 1. The van der Waals surface area contributed by atoms with E-state index in [0.717, 1.165) is 17.0 Å². The van der Waals surface area contributed by atoms with Gasteiger partial charge in [0, 0.05) is 12.2 Å². The number of hydrogen-bond acceptors (Lipinski definition) is 4. The molecular formula is C16H17NO3. The fraction of sp³-hybridized carbons (Fsp3) is 0.188. The van der Waals surface area contributed by atoms with Gasteiger partial charge in [-0.3, -0.25) is 0 Å². The summed E-state index contributed by atoms with van der Waals surface area (Å²) in [5, 5.41) is 3.27. The van der Waals surface area contributed by atoms with Crippen LogP contribution in [-0.2, 0) is 11.3 Å². The van der Waals surface area contributed by atoms with Gasteiger partial charge in [-0.25, -0.2) is 4.79 Å². The molecule has 0 atom stereocenters. The molecule has 0 unspecified atom stereocenters. The second-order valence-corrected chi connectivity index (χ2v) is 4.28. The van der Waals surface area contributed by atoms with Crippen LogP contribution in [-0.4, -0.2) is 20.2 Å². The van der Waals surface area contributed by atoms with Gasteiger partial charge in [0.2, 0.25) is 0 Å². The molecule has 0 aliphatic rings. The number of carbonyl (C=O) groups is 1. The zero-order valence-corrected chi connectivity index (χ0v) is 11.6. The van der Waals surface area contributed by atoms with Crippen LogP contribution in [0.5, 0.6) is 5.75 Å². The van der Waals surface area contributed by atoms with E-state index in [1.54, 1.807) is 19.2 Å². The molecule has 0 radical (unpaired) electrons. The minimum Gasteiger partial charge on any atom is -0.497 e. The Morgan fingerprint density at radius 3 is 2.65 bits per heavy atom. The van der Waals surface area contributed by atoms with E-state index < -0.39 is 0 Å². The quantitative estimate of drug-likeness (QED) is 0.849. The van der Waals surface area contributed by atoms with Crippen LogP contribution in [0.1, 0.15) is 15.9 Å². The van der Waals surface area contributed by atoms with Gasteiger partial charge in [0.25, 0.3) is 0 Å². The van der Waals surface area contributed by atoms with Crippen molar-refractivity contribution in [3.8, 4) is 5.75 Å². The molecule has 0 aliphatic carbocycles. The number of carbonyl (C=O) groups excluding carboxylic acids is 1. The first-order chi connectivity index (χ1) is 9.72. The second-order valence-electron chi connectivity index (χ2n) is 4.28. The van der Waals surface area contributed by atoms with Crippen molar-refractivity contribution in [2.24, 2.45) is 0 Å². The van der Waals surface area contributed by atoms with Crippen molar-refractivity contribution in [3.63, 3.8) is 0 Å². The van der Waals surface area contributed by atoms with Gasteiger partial charge >= 0.3 is 5.97 Å². The van der Waals surface area contributed by atoms with E-state index >= 15 is 0 Å². The molecule has 0 heterocycles. The van der Waals surface area contributed by atoms with Gasteiger partial charge in [-0.05, 0) is 35.9 Å². The average Bonchev–Trinajstić information content (AvgIpc) is 2.52. The number of rotatable bonds is 5. The minimum absolute atomic E-state index is 0.338. The summed E-state index contributed by atoms with van der Waals surface area (Å²) in [5.41, 5.74) is 2.51. The van der Waals surface area contributed by atoms with E-state index in [2.05, 4.69) is 5.32 Å². The van der Waals surface area contributed by atoms with Crippen LogP contribution < -0.4 is 10.1 Å². The molecule has 20 heavy (non-hydrogen) atoms. The summed E-state index contributed by atoms with van der Waals surface area (Å²) in [6.45, 7) is 0.655. The Balaban J connectivity index is 2.05. The minimum atomic E-state index is -0.338. The molecule has 4 heteroatoms. The van der Waals surface area contributed by atoms with E-state index in [1.165, 1.54) is 7.11 Å². The maximum Gasteiger partial charge on any atom is 0.337 e. The normalized spacial score (nSPS) is 9.90. The number of methoxy groups -OCH3 is 2.